The third-order valence-electron chi connectivity index (χ3n) is 10.5. The van der Waals surface area contributed by atoms with Crippen molar-refractivity contribution in [1.29, 1.82) is 0 Å². The van der Waals surface area contributed by atoms with E-state index in [1.54, 1.807) is 0 Å². The van der Waals surface area contributed by atoms with Crippen LogP contribution in [-0.2, 0) is 0 Å². The molecule has 0 spiro atoms. The molecule has 0 saturated carbocycles. The molecule has 56 heavy (non-hydrogen) atoms. The molecule has 262 valence electrons. The Hall–Kier alpha value is -7.21. The van der Waals surface area contributed by atoms with Crippen LogP contribution in [0.2, 0.25) is 0 Å². The fourth-order valence-corrected chi connectivity index (χ4v) is 8.96. The number of nitrogens with zero attached hydrogens (tertiary/aromatic N) is 3. The van der Waals surface area contributed by atoms with Gasteiger partial charge in [-0.1, -0.05) is 140 Å². The summed E-state index contributed by atoms with van der Waals surface area (Å²) in [5.41, 5.74) is 11.3. The van der Waals surface area contributed by atoms with Crippen molar-refractivity contribution < 1.29 is 4.42 Å². The zero-order valence-electron chi connectivity index (χ0n) is 30.1. The lowest BCUT2D eigenvalue weighted by Crippen LogP contribution is -2.00. The van der Waals surface area contributed by atoms with Gasteiger partial charge in [0, 0.05) is 47.6 Å². The van der Waals surface area contributed by atoms with Crippen LogP contribution in [0, 0.1) is 0 Å². The molecule has 0 aliphatic rings. The van der Waals surface area contributed by atoms with Gasteiger partial charge in [0.1, 0.15) is 11.2 Å². The summed E-state index contributed by atoms with van der Waals surface area (Å²) in [7, 11) is 0. The molecule has 0 saturated heterocycles. The van der Waals surface area contributed by atoms with Crippen molar-refractivity contribution in [1.82, 2.24) is 15.0 Å². The van der Waals surface area contributed by atoms with Crippen LogP contribution in [0.15, 0.2) is 192 Å². The lowest BCUT2D eigenvalue weighted by molar-refractivity contribution is 0.669. The molecule has 3 heterocycles. The average molecular weight is 734 g/mol. The van der Waals surface area contributed by atoms with Crippen LogP contribution in [0.4, 0.5) is 0 Å². The van der Waals surface area contributed by atoms with Crippen LogP contribution >= 0.6 is 11.3 Å². The van der Waals surface area contributed by atoms with Crippen LogP contribution < -0.4 is 0 Å². The Morgan fingerprint density at radius 3 is 1.59 bits per heavy atom. The molecule has 3 aromatic heterocycles. The van der Waals surface area contributed by atoms with Crippen LogP contribution in [0.3, 0.4) is 0 Å². The van der Waals surface area contributed by atoms with E-state index in [0.29, 0.717) is 17.5 Å². The van der Waals surface area contributed by atoms with Gasteiger partial charge in [0.15, 0.2) is 17.5 Å². The van der Waals surface area contributed by atoms with Crippen molar-refractivity contribution in [2.24, 2.45) is 0 Å². The Morgan fingerprint density at radius 1 is 0.321 bits per heavy atom. The molecular weight excluding hydrogens is 703 g/mol. The molecule has 0 amide bonds. The van der Waals surface area contributed by atoms with E-state index in [9.17, 15) is 0 Å². The summed E-state index contributed by atoms with van der Waals surface area (Å²) in [6.45, 7) is 0. The van der Waals surface area contributed by atoms with Gasteiger partial charge in [-0.2, -0.15) is 0 Å². The molecule has 0 radical (unpaired) electrons. The van der Waals surface area contributed by atoms with E-state index in [-0.39, 0.29) is 0 Å². The molecule has 5 heteroatoms. The predicted octanol–water partition coefficient (Wildman–Crippen LogP) is 14.1. The highest BCUT2D eigenvalue weighted by molar-refractivity contribution is 7.25. The second kappa shape index (κ2) is 13.3. The van der Waals surface area contributed by atoms with Gasteiger partial charge in [0.2, 0.25) is 0 Å². The summed E-state index contributed by atoms with van der Waals surface area (Å²) in [5, 5.41) is 4.81. The molecule has 8 aromatic carbocycles. The molecule has 0 aliphatic heterocycles. The van der Waals surface area contributed by atoms with E-state index >= 15 is 0 Å². The fourth-order valence-electron chi connectivity index (χ4n) is 7.81. The third kappa shape index (κ3) is 5.65. The van der Waals surface area contributed by atoms with E-state index in [4.69, 9.17) is 19.4 Å². The number of furan rings is 1. The maximum Gasteiger partial charge on any atom is 0.164 e. The molecule has 11 rings (SSSR count). The maximum atomic E-state index is 6.35. The monoisotopic (exact) mass is 733 g/mol. The first-order chi connectivity index (χ1) is 27.7. The summed E-state index contributed by atoms with van der Waals surface area (Å²) in [5.74, 6) is 1.91. The summed E-state index contributed by atoms with van der Waals surface area (Å²) < 4.78 is 8.93. The lowest BCUT2D eigenvalue weighted by Gasteiger charge is -2.13. The molecule has 0 aliphatic carbocycles. The standard InChI is InChI=1S/C51H31N3OS/c1-3-13-32(14-4-1)49-52-50(33-15-5-2-6-16-33)54-51(53-49)36-18-11-17-34(27-36)37-28-38(35-25-26-42-41-19-8-10-24-46(41)56-47(42)31-35)30-39(29-37)40-21-12-23-45-48(40)43-20-7-9-22-44(43)55-45/h1-31H. The van der Waals surface area contributed by atoms with E-state index < -0.39 is 0 Å². The van der Waals surface area contributed by atoms with Crippen LogP contribution in [0.5, 0.6) is 0 Å². The molecule has 0 bridgehead atoms. The second-order valence-electron chi connectivity index (χ2n) is 14.0. The van der Waals surface area contributed by atoms with Gasteiger partial charge < -0.3 is 4.42 Å². The summed E-state index contributed by atoms with van der Waals surface area (Å²) in [6.07, 6.45) is 0. The van der Waals surface area contributed by atoms with Gasteiger partial charge in [-0.05, 0) is 81.9 Å². The number of fused-ring (bicyclic) bond motifs is 6. The van der Waals surface area contributed by atoms with E-state index in [0.717, 1.165) is 66.4 Å². The average Bonchev–Trinajstić information content (AvgIpc) is 3.85. The van der Waals surface area contributed by atoms with Crippen molar-refractivity contribution in [2.45, 2.75) is 0 Å². The van der Waals surface area contributed by atoms with Crippen LogP contribution in [0.1, 0.15) is 0 Å². The fraction of sp³-hybridized carbons (Fsp3) is 0. The highest BCUT2D eigenvalue weighted by Crippen LogP contribution is 2.42. The number of para-hydroxylation sites is 1. The summed E-state index contributed by atoms with van der Waals surface area (Å²) in [4.78, 5) is 15.0. The quantitative estimate of drug-likeness (QED) is 0.171. The van der Waals surface area contributed by atoms with Crippen molar-refractivity contribution in [2.75, 3.05) is 0 Å². The van der Waals surface area contributed by atoms with E-state index in [1.807, 2.05) is 84.1 Å². The van der Waals surface area contributed by atoms with Gasteiger partial charge in [-0.15, -0.1) is 11.3 Å². The first-order valence-electron chi connectivity index (χ1n) is 18.7. The topological polar surface area (TPSA) is 51.8 Å². The minimum absolute atomic E-state index is 0.626. The van der Waals surface area contributed by atoms with Gasteiger partial charge in [-0.25, -0.2) is 15.0 Å². The van der Waals surface area contributed by atoms with Crippen LogP contribution in [0.25, 0.3) is 110 Å². The van der Waals surface area contributed by atoms with Crippen molar-refractivity contribution >= 4 is 53.4 Å². The van der Waals surface area contributed by atoms with Crippen molar-refractivity contribution in [3.63, 3.8) is 0 Å². The highest BCUT2D eigenvalue weighted by Gasteiger charge is 2.17. The zero-order valence-corrected chi connectivity index (χ0v) is 30.9. The van der Waals surface area contributed by atoms with E-state index in [2.05, 4.69) is 115 Å². The number of aromatic nitrogens is 3. The molecule has 4 nitrogen and oxygen atoms in total. The normalized spacial score (nSPS) is 11.6. The molecule has 0 fully saturated rings. The highest BCUT2D eigenvalue weighted by atomic mass is 32.1. The second-order valence-corrected chi connectivity index (χ2v) is 15.1. The first-order valence-corrected chi connectivity index (χ1v) is 19.5. The van der Waals surface area contributed by atoms with Crippen molar-refractivity contribution in [3.05, 3.63) is 188 Å². The number of hydrogen-bond donors (Lipinski definition) is 0. The lowest BCUT2D eigenvalue weighted by atomic mass is 9.91. The third-order valence-corrected chi connectivity index (χ3v) is 11.6. The summed E-state index contributed by atoms with van der Waals surface area (Å²) >= 11 is 1.84. The molecular formula is C51H31N3OS. The Bertz CT molecular complexity index is 3200. The number of hydrogen-bond acceptors (Lipinski definition) is 5. The first kappa shape index (κ1) is 32.2. The molecule has 11 aromatic rings. The predicted molar refractivity (Wildman–Crippen MR) is 233 cm³/mol. The van der Waals surface area contributed by atoms with Gasteiger partial charge in [0.25, 0.3) is 0 Å². The van der Waals surface area contributed by atoms with E-state index in [1.165, 1.54) is 25.7 Å². The van der Waals surface area contributed by atoms with Gasteiger partial charge >= 0.3 is 0 Å². The Balaban J connectivity index is 1.10. The number of benzene rings is 8. The van der Waals surface area contributed by atoms with Gasteiger partial charge in [0.05, 0.1) is 0 Å². The number of thiophene rings is 1. The molecule has 0 atom stereocenters. The summed E-state index contributed by atoms with van der Waals surface area (Å²) in [6, 6.07) is 65.9. The van der Waals surface area contributed by atoms with Crippen molar-refractivity contribution in [3.8, 4) is 67.5 Å². The van der Waals surface area contributed by atoms with Gasteiger partial charge in [-0.3, -0.25) is 0 Å². The smallest absolute Gasteiger partial charge is 0.164 e. The Morgan fingerprint density at radius 2 is 0.839 bits per heavy atom. The maximum absolute atomic E-state index is 6.35. The number of rotatable bonds is 6. The molecule has 0 unspecified atom stereocenters. The molecule has 0 N–H and O–H groups in total. The Labute approximate surface area is 327 Å². The Kier molecular flexibility index (Phi) is 7.64. The SMILES string of the molecule is c1ccc(-c2nc(-c3ccccc3)nc(-c3cccc(-c4cc(-c5ccc6c(c5)sc5ccccc56)cc(-c5cccc6oc7ccccc7c56)c4)c3)n2)cc1. The zero-order chi connectivity index (χ0) is 37.0. The largest absolute Gasteiger partial charge is 0.456 e. The minimum Gasteiger partial charge on any atom is -0.456 e. The van der Waals surface area contributed by atoms with Crippen LogP contribution in [-0.4, -0.2) is 15.0 Å². The minimum atomic E-state index is 0.626.